The van der Waals surface area contributed by atoms with Gasteiger partial charge >= 0.3 is 0 Å². The number of allylic oxidation sites excluding steroid dienone is 1. The minimum absolute atomic E-state index is 0.600. The van der Waals surface area contributed by atoms with E-state index in [0.717, 1.165) is 19.4 Å². The predicted octanol–water partition coefficient (Wildman–Crippen LogP) is 3.07. The second kappa shape index (κ2) is 4.99. The topological polar surface area (TPSA) is 30.9 Å². The van der Waals surface area contributed by atoms with Crippen LogP contribution >= 0.6 is 0 Å². The van der Waals surface area contributed by atoms with E-state index in [9.17, 15) is 0 Å². The van der Waals surface area contributed by atoms with Gasteiger partial charge in [-0.15, -0.1) is 6.58 Å². The maximum atomic E-state index is 5.77. The fourth-order valence-electron chi connectivity index (χ4n) is 2.10. The normalized spacial score (nSPS) is 10.8. The molecule has 0 unspecified atom stereocenters. The second-order valence-electron chi connectivity index (χ2n) is 4.00. The third-order valence-corrected chi connectivity index (χ3v) is 2.90. The Labute approximate surface area is 96.4 Å². The van der Waals surface area contributed by atoms with Crippen LogP contribution in [0.25, 0.3) is 10.9 Å². The Kier molecular flexibility index (Phi) is 3.42. The smallest absolute Gasteiger partial charge is 0.0525 e. The van der Waals surface area contributed by atoms with Crippen molar-refractivity contribution < 1.29 is 0 Å². The van der Waals surface area contributed by atoms with E-state index in [1.54, 1.807) is 0 Å². The van der Waals surface area contributed by atoms with Gasteiger partial charge in [0.15, 0.2) is 0 Å². The maximum Gasteiger partial charge on any atom is 0.0525 e. The molecule has 0 radical (unpaired) electrons. The molecule has 1 heterocycles. The van der Waals surface area contributed by atoms with Crippen LogP contribution in [0.1, 0.15) is 18.4 Å². The SMILES string of the molecule is C=CCCCn1ccc2cccc(CN)c21. The lowest BCUT2D eigenvalue weighted by atomic mass is 10.1. The van der Waals surface area contributed by atoms with Crippen LogP contribution in [0.5, 0.6) is 0 Å². The monoisotopic (exact) mass is 214 g/mol. The van der Waals surface area contributed by atoms with Gasteiger partial charge in [0.2, 0.25) is 0 Å². The molecular weight excluding hydrogens is 196 g/mol. The fourth-order valence-corrected chi connectivity index (χ4v) is 2.10. The highest BCUT2D eigenvalue weighted by molar-refractivity contribution is 5.83. The number of fused-ring (bicyclic) bond motifs is 1. The molecule has 0 saturated heterocycles. The lowest BCUT2D eigenvalue weighted by Gasteiger charge is -2.07. The first-order valence-electron chi connectivity index (χ1n) is 5.74. The Bertz CT molecular complexity index is 482. The molecule has 2 aromatic rings. The summed E-state index contributed by atoms with van der Waals surface area (Å²) in [4.78, 5) is 0. The van der Waals surface area contributed by atoms with Crippen LogP contribution in [0, 0.1) is 0 Å². The fraction of sp³-hybridized carbons (Fsp3) is 0.286. The first-order chi connectivity index (χ1) is 7.86. The van der Waals surface area contributed by atoms with E-state index in [-0.39, 0.29) is 0 Å². The van der Waals surface area contributed by atoms with Gasteiger partial charge < -0.3 is 10.3 Å². The molecule has 1 aromatic carbocycles. The van der Waals surface area contributed by atoms with Crippen LogP contribution in [-0.4, -0.2) is 4.57 Å². The number of benzene rings is 1. The largest absolute Gasteiger partial charge is 0.347 e. The molecule has 0 bridgehead atoms. The number of aryl methyl sites for hydroxylation is 1. The standard InChI is InChI=1S/C14H18N2/c1-2-3-4-9-16-10-8-12-6-5-7-13(11-15)14(12)16/h2,5-8,10H,1,3-4,9,11,15H2. The van der Waals surface area contributed by atoms with E-state index >= 15 is 0 Å². The average molecular weight is 214 g/mol. The van der Waals surface area contributed by atoms with Gasteiger partial charge in [-0.05, 0) is 29.9 Å². The Morgan fingerprint density at radius 2 is 2.19 bits per heavy atom. The summed E-state index contributed by atoms with van der Waals surface area (Å²) < 4.78 is 2.29. The molecule has 0 aliphatic carbocycles. The highest BCUT2D eigenvalue weighted by atomic mass is 15.0. The number of para-hydroxylation sites is 1. The van der Waals surface area contributed by atoms with Crippen molar-refractivity contribution in [2.24, 2.45) is 5.73 Å². The molecule has 0 spiro atoms. The Hall–Kier alpha value is -1.54. The van der Waals surface area contributed by atoms with Crippen molar-refractivity contribution in [2.45, 2.75) is 25.9 Å². The van der Waals surface area contributed by atoms with Crippen molar-refractivity contribution in [2.75, 3.05) is 0 Å². The van der Waals surface area contributed by atoms with E-state index in [0.29, 0.717) is 6.54 Å². The molecule has 0 aliphatic rings. The minimum Gasteiger partial charge on any atom is -0.347 e. The molecule has 2 N–H and O–H groups in total. The van der Waals surface area contributed by atoms with Gasteiger partial charge in [0.05, 0.1) is 5.52 Å². The van der Waals surface area contributed by atoms with Crippen LogP contribution < -0.4 is 5.73 Å². The summed E-state index contributed by atoms with van der Waals surface area (Å²) in [7, 11) is 0. The van der Waals surface area contributed by atoms with Crippen molar-refractivity contribution in [1.29, 1.82) is 0 Å². The van der Waals surface area contributed by atoms with Crippen molar-refractivity contribution >= 4 is 10.9 Å². The number of unbranched alkanes of at least 4 members (excludes halogenated alkanes) is 1. The van der Waals surface area contributed by atoms with Gasteiger partial charge in [-0.1, -0.05) is 24.3 Å². The average Bonchev–Trinajstić information content (AvgIpc) is 2.73. The molecule has 0 fully saturated rings. The predicted molar refractivity (Wildman–Crippen MR) is 69.3 cm³/mol. The first-order valence-corrected chi connectivity index (χ1v) is 5.74. The number of rotatable bonds is 5. The molecule has 0 atom stereocenters. The third kappa shape index (κ3) is 2.02. The summed E-state index contributed by atoms with van der Waals surface area (Å²) in [5.74, 6) is 0. The Morgan fingerprint density at radius 1 is 1.31 bits per heavy atom. The first kappa shape index (κ1) is 11.0. The van der Waals surface area contributed by atoms with Crippen molar-refractivity contribution in [1.82, 2.24) is 4.57 Å². The van der Waals surface area contributed by atoms with E-state index < -0.39 is 0 Å². The molecule has 1 aromatic heterocycles. The van der Waals surface area contributed by atoms with Crippen LogP contribution in [0.4, 0.5) is 0 Å². The third-order valence-electron chi connectivity index (χ3n) is 2.90. The number of aromatic nitrogens is 1. The summed E-state index contributed by atoms with van der Waals surface area (Å²) in [5, 5.41) is 1.28. The lowest BCUT2D eigenvalue weighted by molar-refractivity contribution is 0.669. The Balaban J connectivity index is 2.34. The van der Waals surface area contributed by atoms with Crippen LogP contribution in [0.3, 0.4) is 0 Å². The van der Waals surface area contributed by atoms with E-state index in [4.69, 9.17) is 5.73 Å². The number of hydrogen-bond acceptors (Lipinski definition) is 1. The highest BCUT2D eigenvalue weighted by Crippen LogP contribution is 2.20. The zero-order valence-electron chi connectivity index (χ0n) is 9.52. The lowest BCUT2D eigenvalue weighted by Crippen LogP contribution is -2.02. The van der Waals surface area contributed by atoms with Gasteiger partial charge in [-0.3, -0.25) is 0 Å². The second-order valence-corrected chi connectivity index (χ2v) is 4.00. The van der Waals surface area contributed by atoms with E-state index in [1.165, 1.54) is 16.5 Å². The summed E-state index contributed by atoms with van der Waals surface area (Å²) in [6.45, 7) is 5.38. The molecular formula is C14H18N2. The molecule has 0 aliphatic heterocycles. The molecule has 0 saturated carbocycles. The summed E-state index contributed by atoms with van der Waals surface area (Å²) in [5.41, 5.74) is 8.28. The molecule has 0 amide bonds. The van der Waals surface area contributed by atoms with Gasteiger partial charge in [0, 0.05) is 19.3 Å². The molecule has 2 nitrogen and oxygen atoms in total. The van der Waals surface area contributed by atoms with Gasteiger partial charge in [0.25, 0.3) is 0 Å². The van der Waals surface area contributed by atoms with Gasteiger partial charge in [-0.25, -0.2) is 0 Å². The van der Waals surface area contributed by atoms with Gasteiger partial charge in [-0.2, -0.15) is 0 Å². The van der Waals surface area contributed by atoms with Crippen molar-refractivity contribution in [3.05, 3.63) is 48.7 Å². The van der Waals surface area contributed by atoms with Crippen LogP contribution in [0.2, 0.25) is 0 Å². The summed E-state index contributed by atoms with van der Waals surface area (Å²) >= 11 is 0. The van der Waals surface area contributed by atoms with Gasteiger partial charge in [0.1, 0.15) is 0 Å². The highest BCUT2D eigenvalue weighted by Gasteiger charge is 2.04. The zero-order valence-corrected chi connectivity index (χ0v) is 9.52. The molecule has 2 heteroatoms. The summed E-state index contributed by atoms with van der Waals surface area (Å²) in [6, 6.07) is 8.46. The van der Waals surface area contributed by atoms with Crippen LogP contribution in [-0.2, 0) is 13.1 Å². The quantitative estimate of drug-likeness (QED) is 0.602. The Morgan fingerprint density at radius 3 is 2.94 bits per heavy atom. The summed E-state index contributed by atoms with van der Waals surface area (Å²) in [6.07, 6.45) is 6.30. The molecule has 16 heavy (non-hydrogen) atoms. The number of hydrogen-bond donors (Lipinski definition) is 1. The minimum atomic E-state index is 0.600. The number of nitrogens with two attached hydrogens (primary N) is 1. The van der Waals surface area contributed by atoms with Crippen molar-refractivity contribution in [3.63, 3.8) is 0 Å². The molecule has 84 valence electrons. The van der Waals surface area contributed by atoms with E-state index in [2.05, 4.69) is 41.6 Å². The van der Waals surface area contributed by atoms with E-state index in [1.807, 2.05) is 6.08 Å². The number of nitrogens with zero attached hydrogens (tertiary/aromatic N) is 1. The maximum absolute atomic E-state index is 5.77. The molecule has 2 rings (SSSR count). The zero-order chi connectivity index (χ0) is 11.4. The van der Waals surface area contributed by atoms with Crippen molar-refractivity contribution in [3.8, 4) is 0 Å². The van der Waals surface area contributed by atoms with Crippen LogP contribution in [0.15, 0.2) is 43.1 Å².